The first-order valence-electron chi connectivity index (χ1n) is 4.14. The second-order valence-corrected chi connectivity index (χ2v) is 2.69. The van der Waals surface area contributed by atoms with Crippen molar-refractivity contribution in [1.29, 1.82) is 0 Å². The molecule has 1 heterocycles. The molecule has 0 aromatic heterocycles. The highest BCUT2D eigenvalue weighted by Gasteiger charge is 2.02. The van der Waals surface area contributed by atoms with Gasteiger partial charge in [0.2, 0.25) is 0 Å². The van der Waals surface area contributed by atoms with Crippen LogP contribution in [0.1, 0.15) is 19.8 Å². The fourth-order valence-electron chi connectivity index (χ4n) is 1.27. The summed E-state index contributed by atoms with van der Waals surface area (Å²) in [4.78, 5) is 0. The highest BCUT2D eigenvalue weighted by atomic mass is 14.8. The molecule has 1 aliphatic rings. The third-order valence-corrected chi connectivity index (χ3v) is 1.83. The van der Waals surface area contributed by atoms with E-state index in [2.05, 4.69) is 24.9 Å². The van der Waals surface area contributed by atoms with Gasteiger partial charge in [-0.15, -0.1) is 0 Å². The Morgan fingerprint density at radius 1 is 1.73 bits per heavy atom. The lowest BCUT2D eigenvalue weighted by molar-refractivity contribution is 0.868. The molecule has 0 unspecified atom stereocenters. The van der Waals surface area contributed by atoms with Crippen LogP contribution < -0.4 is 5.32 Å². The lowest BCUT2D eigenvalue weighted by Crippen LogP contribution is -2.11. The van der Waals surface area contributed by atoms with Crippen LogP contribution in [0, 0.1) is 0 Å². The van der Waals surface area contributed by atoms with E-state index in [0.717, 1.165) is 6.54 Å². The first kappa shape index (κ1) is 8.12. The Labute approximate surface area is 68.5 Å². The number of allylic oxidation sites excluding steroid dienone is 3. The van der Waals surface area contributed by atoms with Crippen LogP contribution >= 0.6 is 0 Å². The Morgan fingerprint density at radius 3 is 3.18 bits per heavy atom. The van der Waals surface area contributed by atoms with Gasteiger partial charge >= 0.3 is 0 Å². The second-order valence-electron chi connectivity index (χ2n) is 2.69. The fourth-order valence-corrected chi connectivity index (χ4v) is 1.27. The molecule has 0 aromatic rings. The van der Waals surface area contributed by atoms with Crippen molar-refractivity contribution in [1.82, 2.24) is 5.32 Å². The third-order valence-electron chi connectivity index (χ3n) is 1.83. The summed E-state index contributed by atoms with van der Waals surface area (Å²) in [5.74, 6) is 0. The Morgan fingerprint density at radius 2 is 2.55 bits per heavy atom. The Kier molecular flexibility index (Phi) is 2.96. The summed E-state index contributed by atoms with van der Waals surface area (Å²) < 4.78 is 0. The maximum Gasteiger partial charge on any atom is 0.0331 e. The molecular weight excluding hydrogens is 134 g/mol. The standard InChI is InChI=1S/C10H15N/c1-3-5-10-6-7-11-8-9(10)4-2/h4,6,8,11H,2-3,5,7H2,1H3. The normalized spacial score (nSPS) is 16.5. The van der Waals surface area contributed by atoms with E-state index >= 15 is 0 Å². The SMILES string of the molecule is C=CC1=CNCC=C1CCC. The van der Waals surface area contributed by atoms with Gasteiger partial charge in [-0.2, -0.15) is 0 Å². The van der Waals surface area contributed by atoms with Gasteiger partial charge in [0.1, 0.15) is 0 Å². The molecule has 0 atom stereocenters. The molecule has 0 saturated heterocycles. The van der Waals surface area contributed by atoms with Gasteiger partial charge in [0.15, 0.2) is 0 Å². The van der Waals surface area contributed by atoms with Crippen molar-refractivity contribution < 1.29 is 0 Å². The molecule has 11 heavy (non-hydrogen) atoms. The number of dihydropyridines is 1. The van der Waals surface area contributed by atoms with Gasteiger partial charge < -0.3 is 5.32 Å². The van der Waals surface area contributed by atoms with Crippen LogP contribution in [-0.4, -0.2) is 6.54 Å². The van der Waals surface area contributed by atoms with E-state index < -0.39 is 0 Å². The van der Waals surface area contributed by atoms with Crippen LogP contribution in [0.3, 0.4) is 0 Å². The molecule has 60 valence electrons. The molecule has 0 amide bonds. The van der Waals surface area contributed by atoms with E-state index in [1.54, 1.807) is 0 Å². The lowest BCUT2D eigenvalue weighted by atomic mass is 10.0. The summed E-state index contributed by atoms with van der Waals surface area (Å²) in [5.41, 5.74) is 2.68. The minimum Gasteiger partial charge on any atom is -0.387 e. The average molecular weight is 149 g/mol. The van der Waals surface area contributed by atoms with E-state index in [1.807, 2.05) is 12.3 Å². The Balaban J connectivity index is 2.66. The minimum atomic E-state index is 0.965. The molecule has 0 bridgehead atoms. The zero-order valence-corrected chi connectivity index (χ0v) is 7.06. The van der Waals surface area contributed by atoms with Gasteiger partial charge in [0.25, 0.3) is 0 Å². The van der Waals surface area contributed by atoms with Crippen molar-refractivity contribution in [2.24, 2.45) is 0 Å². The molecule has 1 nitrogen and oxygen atoms in total. The molecule has 1 rings (SSSR count). The second kappa shape index (κ2) is 4.02. The predicted molar refractivity (Wildman–Crippen MR) is 49.3 cm³/mol. The predicted octanol–water partition coefficient (Wildman–Crippen LogP) is 2.39. The summed E-state index contributed by atoms with van der Waals surface area (Å²) >= 11 is 0. The molecule has 0 aliphatic carbocycles. The Bertz CT molecular complexity index is 199. The maximum absolute atomic E-state index is 3.77. The summed E-state index contributed by atoms with van der Waals surface area (Å²) in [6.45, 7) is 6.93. The topological polar surface area (TPSA) is 12.0 Å². The van der Waals surface area contributed by atoms with Gasteiger partial charge in [-0.1, -0.05) is 32.1 Å². The minimum absolute atomic E-state index is 0.965. The van der Waals surface area contributed by atoms with Crippen molar-refractivity contribution in [2.75, 3.05) is 6.54 Å². The van der Waals surface area contributed by atoms with Gasteiger partial charge in [-0.3, -0.25) is 0 Å². The van der Waals surface area contributed by atoms with E-state index in [9.17, 15) is 0 Å². The smallest absolute Gasteiger partial charge is 0.0331 e. The molecule has 0 saturated carbocycles. The third kappa shape index (κ3) is 1.97. The zero-order chi connectivity index (χ0) is 8.10. The molecule has 0 radical (unpaired) electrons. The first-order chi connectivity index (χ1) is 5.38. The molecule has 0 spiro atoms. The van der Waals surface area contributed by atoms with Crippen LogP contribution in [-0.2, 0) is 0 Å². The number of nitrogens with one attached hydrogen (secondary N) is 1. The van der Waals surface area contributed by atoms with E-state index in [4.69, 9.17) is 0 Å². The van der Waals surface area contributed by atoms with E-state index in [1.165, 1.54) is 24.0 Å². The van der Waals surface area contributed by atoms with Crippen molar-refractivity contribution in [2.45, 2.75) is 19.8 Å². The number of hydrogen-bond donors (Lipinski definition) is 1. The summed E-state index contributed by atoms with van der Waals surface area (Å²) in [6.07, 6.45) is 8.56. The molecule has 1 heteroatoms. The molecule has 0 aromatic carbocycles. The van der Waals surface area contributed by atoms with Gasteiger partial charge in [-0.25, -0.2) is 0 Å². The maximum atomic E-state index is 3.77. The fraction of sp³-hybridized carbons (Fsp3) is 0.400. The van der Waals surface area contributed by atoms with Crippen LogP contribution in [0.15, 0.2) is 36.1 Å². The van der Waals surface area contributed by atoms with E-state index in [-0.39, 0.29) is 0 Å². The number of hydrogen-bond acceptors (Lipinski definition) is 1. The van der Waals surface area contributed by atoms with Crippen molar-refractivity contribution in [3.05, 3.63) is 36.1 Å². The van der Waals surface area contributed by atoms with Crippen molar-refractivity contribution in [3.8, 4) is 0 Å². The van der Waals surface area contributed by atoms with Crippen LogP contribution in [0.4, 0.5) is 0 Å². The van der Waals surface area contributed by atoms with Gasteiger partial charge in [0.05, 0.1) is 0 Å². The quantitative estimate of drug-likeness (QED) is 0.649. The highest BCUT2D eigenvalue weighted by molar-refractivity contribution is 5.40. The largest absolute Gasteiger partial charge is 0.387 e. The summed E-state index contributed by atoms with van der Waals surface area (Å²) in [5, 5.41) is 3.16. The average Bonchev–Trinajstić information content (AvgIpc) is 2.06. The van der Waals surface area contributed by atoms with Crippen LogP contribution in [0.5, 0.6) is 0 Å². The zero-order valence-electron chi connectivity index (χ0n) is 7.06. The Hall–Kier alpha value is -0.980. The number of rotatable bonds is 3. The molecule has 1 N–H and O–H groups in total. The molecule has 1 aliphatic heterocycles. The highest BCUT2D eigenvalue weighted by Crippen LogP contribution is 2.17. The monoisotopic (exact) mass is 149 g/mol. The lowest BCUT2D eigenvalue weighted by Gasteiger charge is -2.13. The van der Waals surface area contributed by atoms with Crippen LogP contribution in [0.25, 0.3) is 0 Å². The molecule has 0 fully saturated rings. The first-order valence-corrected chi connectivity index (χ1v) is 4.14. The van der Waals surface area contributed by atoms with Crippen molar-refractivity contribution in [3.63, 3.8) is 0 Å². The van der Waals surface area contributed by atoms with Gasteiger partial charge in [-0.05, 0) is 17.6 Å². The summed E-state index contributed by atoms with van der Waals surface area (Å²) in [7, 11) is 0. The van der Waals surface area contributed by atoms with Crippen molar-refractivity contribution >= 4 is 0 Å². The van der Waals surface area contributed by atoms with Crippen LogP contribution in [0.2, 0.25) is 0 Å². The summed E-state index contributed by atoms with van der Waals surface area (Å²) in [6, 6.07) is 0. The molecular formula is C10H15N. The van der Waals surface area contributed by atoms with Gasteiger partial charge in [0, 0.05) is 12.7 Å². The van der Waals surface area contributed by atoms with E-state index in [0.29, 0.717) is 0 Å².